The van der Waals surface area contributed by atoms with Crippen molar-refractivity contribution in [3.05, 3.63) is 39.7 Å². The highest BCUT2D eigenvalue weighted by Crippen LogP contribution is 2.53. The third-order valence-corrected chi connectivity index (χ3v) is 7.68. The minimum Gasteiger partial charge on any atom is -0.508 e. The van der Waals surface area contributed by atoms with E-state index in [0.29, 0.717) is 30.1 Å². The maximum absolute atomic E-state index is 13.8. The fourth-order valence-corrected chi connectivity index (χ4v) is 5.86. The molecule has 0 heterocycles. The number of Topliss-reactive ketones (excluding diaryl/α,β-unsaturated/α-hetero) is 2. The number of phenolic OH excluding ortho intramolecular Hbond substituents is 1. The van der Waals surface area contributed by atoms with Crippen molar-refractivity contribution in [3.8, 4) is 5.75 Å². The zero-order valence-corrected chi connectivity index (χ0v) is 24.3. The van der Waals surface area contributed by atoms with E-state index in [4.69, 9.17) is 0 Å². The van der Waals surface area contributed by atoms with E-state index in [-0.39, 0.29) is 36.1 Å². The molecule has 0 saturated heterocycles. The Morgan fingerprint density at radius 3 is 2.30 bits per heavy atom. The first kappa shape index (κ1) is 31.1. The van der Waals surface area contributed by atoms with Gasteiger partial charge in [-0.1, -0.05) is 13.8 Å². The lowest BCUT2D eigenvalue weighted by molar-refractivity contribution is -0.147. The van der Waals surface area contributed by atoms with Crippen molar-refractivity contribution in [2.24, 2.45) is 17.8 Å². The summed E-state index contributed by atoms with van der Waals surface area (Å²) < 4.78 is 0. The zero-order valence-electron chi connectivity index (χ0n) is 24.3. The second-order valence-corrected chi connectivity index (χ2v) is 11.3. The Bertz CT molecular complexity index is 1270. The first-order valence-electron chi connectivity index (χ1n) is 13.5. The largest absolute Gasteiger partial charge is 0.508 e. The fraction of sp³-hybridized carbons (Fsp3) is 0.552. The number of amides is 1. The van der Waals surface area contributed by atoms with Crippen LogP contribution in [0.4, 0.5) is 5.69 Å². The number of nitrogens with one attached hydrogen (secondary N) is 3. The Balaban J connectivity index is 0.00000141. The summed E-state index contributed by atoms with van der Waals surface area (Å²) in [5.41, 5.74) is -1.19. The Kier molecular flexibility index (Phi) is 9.33. The van der Waals surface area contributed by atoms with Gasteiger partial charge in [-0.2, -0.15) is 0 Å². The van der Waals surface area contributed by atoms with Crippen LogP contribution in [0.3, 0.4) is 0 Å². The summed E-state index contributed by atoms with van der Waals surface area (Å²) in [4.78, 5) is 40.6. The Morgan fingerprint density at radius 2 is 1.75 bits per heavy atom. The first-order valence-corrected chi connectivity index (χ1v) is 13.5. The molecule has 1 unspecified atom stereocenters. The van der Waals surface area contributed by atoms with Crippen molar-refractivity contribution >= 4 is 28.9 Å². The summed E-state index contributed by atoms with van der Waals surface area (Å²) in [6.07, 6.45) is 0.122. The Hall–Kier alpha value is -3.41. The number of phenols is 1. The lowest BCUT2D eigenvalue weighted by Gasteiger charge is -2.46. The SMILES string of the molecule is CNC.CNC(=O)C1=C(O)[C@@]2(O)C(=O)C3=C(O)c4c(O)c(CNCC(C)C)cc(N(C)C)c4CC3C[C@H]2CC1=O. The lowest BCUT2D eigenvalue weighted by Crippen LogP contribution is -2.58. The van der Waals surface area contributed by atoms with Crippen LogP contribution < -0.4 is 20.9 Å². The van der Waals surface area contributed by atoms with Gasteiger partial charge in [0.25, 0.3) is 5.91 Å². The summed E-state index contributed by atoms with van der Waals surface area (Å²) in [7, 11) is 8.72. The highest BCUT2D eigenvalue weighted by Gasteiger charge is 2.60. The van der Waals surface area contributed by atoms with Crippen molar-refractivity contribution in [2.75, 3.05) is 46.7 Å². The number of ketones is 2. The van der Waals surface area contributed by atoms with Crippen LogP contribution in [0.2, 0.25) is 0 Å². The molecule has 3 aliphatic carbocycles. The van der Waals surface area contributed by atoms with Crippen molar-refractivity contribution in [2.45, 2.75) is 45.3 Å². The predicted octanol–water partition coefficient (Wildman–Crippen LogP) is 1.33. The maximum atomic E-state index is 13.8. The van der Waals surface area contributed by atoms with Crippen LogP contribution in [0.5, 0.6) is 5.75 Å². The number of rotatable bonds is 6. The number of carbonyl (C=O) groups is 3. The topological polar surface area (TPSA) is 171 Å². The molecule has 7 N–H and O–H groups in total. The van der Waals surface area contributed by atoms with Crippen molar-refractivity contribution in [3.63, 3.8) is 0 Å². The standard InChI is InChI=1S/C27H35N3O7.C2H7N/c1-12(2)10-29-11-14-8-17(30(4)5)16-7-13-6-15-9-18(31)21(26(36)28-3)25(35)27(15,37)24(34)19(13)23(33)20(16)22(14)32;1-3-2/h8,12-13,15,29,32-33,35,37H,6-7,9-11H2,1-5H3,(H,28,36);3H,1-2H3/t13?,15-,27-;/m0./s1. The molecule has 11 nitrogen and oxygen atoms in total. The molecule has 1 amide bonds. The quantitative estimate of drug-likeness (QED) is 0.253. The molecule has 1 fully saturated rings. The van der Waals surface area contributed by atoms with Crippen LogP contribution in [0.25, 0.3) is 5.76 Å². The van der Waals surface area contributed by atoms with Gasteiger partial charge in [0.15, 0.2) is 11.4 Å². The van der Waals surface area contributed by atoms with E-state index in [1.165, 1.54) is 7.05 Å². The van der Waals surface area contributed by atoms with Gasteiger partial charge in [-0.25, -0.2) is 0 Å². The average molecular weight is 559 g/mol. The van der Waals surface area contributed by atoms with E-state index in [1.807, 2.05) is 39.2 Å². The van der Waals surface area contributed by atoms with Crippen LogP contribution in [0, 0.1) is 17.8 Å². The predicted molar refractivity (Wildman–Crippen MR) is 152 cm³/mol. The van der Waals surface area contributed by atoms with Gasteiger partial charge >= 0.3 is 0 Å². The molecule has 1 aromatic rings. The Morgan fingerprint density at radius 1 is 1.12 bits per heavy atom. The summed E-state index contributed by atoms with van der Waals surface area (Å²) in [5.74, 6) is -5.24. The monoisotopic (exact) mass is 558 g/mol. The molecular formula is C29H42N4O7. The second-order valence-electron chi connectivity index (χ2n) is 11.3. The third kappa shape index (κ3) is 5.21. The van der Waals surface area contributed by atoms with Crippen molar-refractivity contribution in [1.82, 2.24) is 16.0 Å². The summed E-state index contributed by atoms with van der Waals surface area (Å²) in [6.45, 7) is 5.18. The van der Waals surface area contributed by atoms with Crippen molar-refractivity contribution in [1.29, 1.82) is 0 Å². The molecule has 1 aromatic carbocycles. The number of nitrogens with zero attached hydrogens (tertiary/aromatic N) is 1. The smallest absolute Gasteiger partial charge is 0.258 e. The molecular weight excluding hydrogens is 516 g/mol. The molecule has 0 radical (unpaired) electrons. The molecule has 0 bridgehead atoms. The second kappa shape index (κ2) is 12.0. The van der Waals surface area contributed by atoms with Crippen molar-refractivity contribution < 1.29 is 34.8 Å². The number of hydrogen-bond acceptors (Lipinski definition) is 10. The molecule has 11 heteroatoms. The van der Waals surface area contributed by atoms with E-state index in [1.54, 1.807) is 0 Å². The highest BCUT2D eigenvalue weighted by atomic mass is 16.3. The van der Waals surface area contributed by atoms with E-state index in [9.17, 15) is 34.8 Å². The van der Waals surface area contributed by atoms with Crippen LogP contribution in [0.15, 0.2) is 23.0 Å². The highest BCUT2D eigenvalue weighted by molar-refractivity contribution is 6.23. The minimum absolute atomic E-state index is 0.115. The van der Waals surface area contributed by atoms with Gasteiger partial charge in [0.2, 0.25) is 5.78 Å². The van der Waals surface area contributed by atoms with Gasteiger partial charge in [-0.05, 0) is 56.9 Å². The molecule has 0 spiro atoms. The van der Waals surface area contributed by atoms with Gasteiger partial charge < -0.3 is 41.3 Å². The molecule has 3 aliphatic rings. The molecule has 40 heavy (non-hydrogen) atoms. The first-order chi connectivity index (χ1) is 18.8. The van der Waals surface area contributed by atoms with Gasteiger partial charge in [-0.15, -0.1) is 0 Å². The molecule has 220 valence electrons. The van der Waals surface area contributed by atoms with E-state index < -0.39 is 52.0 Å². The lowest BCUT2D eigenvalue weighted by atomic mass is 9.59. The molecule has 1 saturated carbocycles. The van der Waals surface area contributed by atoms with E-state index >= 15 is 0 Å². The van der Waals surface area contributed by atoms with Gasteiger partial charge in [-0.3, -0.25) is 14.4 Å². The van der Waals surface area contributed by atoms with Crippen LogP contribution >= 0.6 is 0 Å². The number of aliphatic hydroxyl groups is 3. The van der Waals surface area contributed by atoms with Crippen LogP contribution in [0.1, 0.15) is 43.4 Å². The van der Waals surface area contributed by atoms with Crippen LogP contribution in [-0.2, 0) is 27.3 Å². The number of carbonyl (C=O) groups excluding carboxylic acids is 3. The number of benzene rings is 1. The number of aliphatic hydroxyl groups excluding tert-OH is 2. The summed E-state index contributed by atoms with van der Waals surface area (Å²) in [5, 5.41) is 53.2. The number of fused-ring (bicyclic) bond motifs is 3. The number of aromatic hydroxyl groups is 1. The summed E-state index contributed by atoms with van der Waals surface area (Å²) >= 11 is 0. The van der Waals surface area contributed by atoms with Gasteiger partial charge in [0.05, 0.1) is 5.56 Å². The molecule has 4 rings (SSSR count). The number of likely N-dealkylation sites (N-methyl/N-ethyl adjacent to an activating group) is 1. The summed E-state index contributed by atoms with van der Waals surface area (Å²) in [6, 6.07) is 1.86. The van der Waals surface area contributed by atoms with E-state index in [2.05, 4.69) is 29.8 Å². The zero-order chi connectivity index (χ0) is 30.1. The van der Waals surface area contributed by atoms with E-state index in [0.717, 1.165) is 5.69 Å². The van der Waals surface area contributed by atoms with Gasteiger partial charge in [0, 0.05) is 56.9 Å². The normalized spacial score (nSPS) is 23.7. The van der Waals surface area contributed by atoms with Crippen LogP contribution in [-0.4, -0.2) is 85.3 Å². The number of hydrogen-bond donors (Lipinski definition) is 7. The molecule has 0 aliphatic heterocycles. The molecule has 3 atom stereocenters. The fourth-order valence-electron chi connectivity index (χ4n) is 5.86. The number of anilines is 1. The maximum Gasteiger partial charge on any atom is 0.258 e. The average Bonchev–Trinajstić information content (AvgIpc) is 2.87. The minimum atomic E-state index is -2.52. The third-order valence-electron chi connectivity index (χ3n) is 7.68. The Labute approximate surface area is 235 Å². The van der Waals surface area contributed by atoms with Gasteiger partial charge in [0.1, 0.15) is 22.8 Å². The molecule has 0 aromatic heterocycles.